The van der Waals surface area contributed by atoms with Crippen molar-refractivity contribution in [1.29, 1.82) is 0 Å². The molecule has 1 aromatic carbocycles. The van der Waals surface area contributed by atoms with Gasteiger partial charge in [-0.2, -0.15) is 0 Å². The van der Waals surface area contributed by atoms with Crippen LogP contribution in [0.3, 0.4) is 0 Å². The van der Waals surface area contributed by atoms with Gasteiger partial charge in [0.25, 0.3) is 0 Å². The molecule has 0 heterocycles. The number of amides is 2. The Morgan fingerprint density at radius 3 is 2.29 bits per heavy atom. The van der Waals surface area contributed by atoms with Crippen LogP contribution in [0.5, 0.6) is 0 Å². The SMILES string of the molecule is CC(C)C[C@@H](NC(=O)CCc1ccccc1)C(=O)N(C)C. The second-order valence-electron chi connectivity index (χ2n) is 5.97. The molecule has 1 atom stereocenters. The fraction of sp³-hybridized carbons (Fsp3) is 0.529. The third-order valence-corrected chi connectivity index (χ3v) is 3.26. The van der Waals surface area contributed by atoms with Crippen LogP contribution in [0.15, 0.2) is 30.3 Å². The molecule has 0 unspecified atom stereocenters. The fourth-order valence-electron chi connectivity index (χ4n) is 2.17. The Bertz CT molecular complexity index is 455. The molecule has 2 amide bonds. The summed E-state index contributed by atoms with van der Waals surface area (Å²) in [5, 5.41) is 2.87. The standard InChI is InChI=1S/C17H26N2O2/c1-13(2)12-15(17(21)19(3)4)18-16(20)11-10-14-8-6-5-7-9-14/h5-9,13,15H,10-12H2,1-4H3,(H,18,20)/t15-/m1/s1. The number of benzene rings is 1. The number of aryl methyl sites for hydroxylation is 1. The van der Waals surface area contributed by atoms with Gasteiger partial charge in [0.15, 0.2) is 0 Å². The lowest BCUT2D eigenvalue weighted by atomic mass is 10.0. The van der Waals surface area contributed by atoms with Crippen LogP contribution in [0, 0.1) is 5.92 Å². The monoisotopic (exact) mass is 290 g/mol. The minimum atomic E-state index is -0.428. The molecule has 0 saturated carbocycles. The molecule has 0 saturated heterocycles. The predicted octanol–water partition coefficient (Wildman–Crippen LogP) is 2.24. The van der Waals surface area contributed by atoms with Crippen molar-refractivity contribution in [3.8, 4) is 0 Å². The van der Waals surface area contributed by atoms with Crippen molar-refractivity contribution in [3.05, 3.63) is 35.9 Å². The highest BCUT2D eigenvalue weighted by Crippen LogP contribution is 2.08. The van der Waals surface area contributed by atoms with Gasteiger partial charge in [-0.05, 0) is 24.3 Å². The first-order chi connectivity index (χ1) is 9.90. The van der Waals surface area contributed by atoms with Gasteiger partial charge in [0.05, 0.1) is 0 Å². The topological polar surface area (TPSA) is 49.4 Å². The maximum Gasteiger partial charge on any atom is 0.244 e. The molecule has 0 aliphatic rings. The molecule has 1 aromatic rings. The molecule has 21 heavy (non-hydrogen) atoms. The van der Waals surface area contributed by atoms with Gasteiger partial charge in [-0.1, -0.05) is 44.2 Å². The minimum Gasteiger partial charge on any atom is -0.347 e. The maximum atomic E-state index is 12.1. The van der Waals surface area contributed by atoms with Gasteiger partial charge < -0.3 is 10.2 Å². The summed E-state index contributed by atoms with van der Waals surface area (Å²) in [5.41, 5.74) is 1.13. The van der Waals surface area contributed by atoms with E-state index in [1.165, 1.54) is 4.90 Å². The van der Waals surface area contributed by atoms with E-state index in [0.29, 0.717) is 25.2 Å². The number of nitrogens with zero attached hydrogens (tertiary/aromatic N) is 1. The fourth-order valence-corrected chi connectivity index (χ4v) is 2.17. The van der Waals surface area contributed by atoms with Crippen molar-refractivity contribution in [2.75, 3.05) is 14.1 Å². The lowest BCUT2D eigenvalue weighted by molar-refractivity contribution is -0.134. The molecule has 0 fully saturated rings. The lowest BCUT2D eigenvalue weighted by Gasteiger charge is -2.23. The first-order valence-electron chi connectivity index (χ1n) is 7.44. The Hall–Kier alpha value is -1.84. The molecule has 1 rings (SSSR count). The molecule has 0 aliphatic carbocycles. The van der Waals surface area contributed by atoms with Gasteiger partial charge in [0.1, 0.15) is 6.04 Å². The van der Waals surface area contributed by atoms with Crippen LogP contribution in [0.2, 0.25) is 0 Å². The van der Waals surface area contributed by atoms with E-state index >= 15 is 0 Å². The summed E-state index contributed by atoms with van der Waals surface area (Å²) in [7, 11) is 3.43. The van der Waals surface area contributed by atoms with E-state index in [-0.39, 0.29) is 11.8 Å². The first kappa shape index (κ1) is 17.2. The molecule has 116 valence electrons. The van der Waals surface area contributed by atoms with Crippen LogP contribution in [0.4, 0.5) is 0 Å². The van der Waals surface area contributed by atoms with Crippen LogP contribution >= 0.6 is 0 Å². The smallest absolute Gasteiger partial charge is 0.244 e. The molecule has 4 heteroatoms. The summed E-state index contributed by atoms with van der Waals surface area (Å²) < 4.78 is 0. The summed E-state index contributed by atoms with van der Waals surface area (Å²) in [6.07, 6.45) is 1.75. The third kappa shape index (κ3) is 6.43. The van der Waals surface area contributed by atoms with Gasteiger partial charge in [-0.25, -0.2) is 0 Å². The van der Waals surface area contributed by atoms with Crippen LogP contribution in [0.1, 0.15) is 32.3 Å². The molecule has 4 nitrogen and oxygen atoms in total. The zero-order valence-electron chi connectivity index (χ0n) is 13.4. The Morgan fingerprint density at radius 1 is 1.14 bits per heavy atom. The molecule has 0 spiro atoms. The lowest BCUT2D eigenvalue weighted by Crippen LogP contribution is -2.47. The van der Waals surface area contributed by atoms with Crippen molar-refractivity contribution in [2.24, 2.45) is 5.92 Å². The molecule has 0 aromatic heterocycles. The summed E-state index contributed by atoms with van der Waals surface area (Å²) in [6, 6.07) is 9.46. The highest BCUT2D eigenvalue weighted by Gasteiger charge is 2.23. The van der Waals surface area contributed by atoms with Crippen LogP contribution in [-0.2, 0) is 16.0 Å². The number of carbonyl (C=O) groups excluding carboxylic acids is 2. The molecule has 0 radical (unpaired) electrons. The van der Waals surface area contributed by atoms with Crippen molar-refractivity contribution in [2.45, 2.75) is 39.2 Å². The zero-order valence-corrected chi connectivity index (χ0v) is 13.4. The average molecular weight is 290 g/mol. The number of hydrogen-bond acceptors (Lipinski definition) is 2. The van der Waals surface area contributed by atoms with Crippen LogP contribution in [-0.4, -0.2) is 36.9 Å². The number of nitrogens with one attached hydrogen (secondary N) is 1. The molecular weight excluding hydrogens is 264 g/mol. The van der Waals surface area contributed by atoms with Gasteiger partial charge in [0, 0.05) is 20.5 Å². The number of hydrogen-bond donors (Lipinski definition) is 1. The Kier molecular flexibility index (Phi) is 6.92. The highest BCUT2D eigenvalue weighted by molar-refractivity contribution is 5.87. The molecule has 0 bridgehead atoms. The average Bonchev–Trinajstić information content (AvgIpc) is 2.44. The van der Waals surface area contributed by atoms with Crippen molar-refractivity contribution >= 4 is 11.8 Å². The van der Waals surface area contributed by atoms with E-state index < -0.39 is 6.04 Å². The number of rotatable bonds is 7. The Morgan fingerprint density at radius 2 is 1.76 bits per heavy atom. The van der Waals surface area contributed by atoms with Crippen LogP contribution in [0.25, 0.3) is 0 Å². The van der Waals surface area contributed by atoms with E-state index in [2.05, 4.69) is 5.32 Å². The van der Waals surface area contributed by atoms with Gasteiger partial charge in [-0.15, -0.1) is 0 Å². The summed E-state index contributed by atoms with van der Waals surface area (Å²) in [5.74, 6) is 0.241. The van der Waals surface area contributed by atoms with E-state index in [4.69, 9.17) is 0 Å². The molecule has 0 aliphatic heterocycles. The van der Waals surface area contributed by atoms with Gasteiger partial charge in [0.2, 0.25) is 11.8 Å². The Balaban J connectivity index is 2.53. The van der Waals surface area contributed by atoms with Gasteiger partial charge in [-0.3, -0.25) is 9.59 Å². The minimum absolute atomic E-state index is 0.0447. The maximum absolute atomic E-state index is 12.1. The molecular formula is C17H26N2O2. The third-order valence-electron chi connectivity index (χ3n) is 3.26. The van der Waals surface area contributed by atoms with Crippen molar-refractivity contribution in [3.63, 3.8) is 0 Å². The number of likely N-dealkylation sites (N-methyl/N-ethyl adjacent to an activating group) is 1. The van der Waals surface area contributed by atoms with Crippen molar-refractivity contribution in [1.82, 2.24) is 10.2 Å². The van der Waals surface area contributed by atoms with E-state index in [0.717, 1.165) is 5.56 Å². The number of carbonyl (C=O) groups is 2. The summed E-state index contributed by atoms with van der Waals surface area (Å²) in [4.78, 5) is 25.7. The predicted molar refractivity (Wildman–Crippen MR) is 84.8 cm³/mol. The highest BCUT2D eigenvalue weighted by atomic mass is 16.2. The van der Waals surface area contributed by atoms with E-state index in [1.807, 2.05) is 44.2 Å². The van der Waals surface area contributed by atoms with E-state index in [9.17, 15) is 9.59 Å². The first-order valence-corrected chi connectivity index (χ1v) is 7.44. The second kappa shape index (κ2) is 8.45. The molecule has 1 N–H and O–H groups in total. The summed E-state index contributed by atoms with van der Waals surface area (Å²) in [6.45, 7) is 4.10. The Labute approximate surface area is 127 Å². The quantitative estimate of drug-likeness (QED) is 0.837. The normalized spacial score (nSPS) is 12.0. The van der Waals surface area contributed by atoms with Gasteiger partial charge >= 0.3 is 0 Å². The summed E-state index contributed by atoms with van der Waals surface area (Å²) >= 11 is 0. The van der Waals surface area contributed by atoms with E-state index in [1.54, 1.807) is 14.1 Å². The zero-order chi connectivity index (χ0) is 15.8. The largest absolute Gasteiger partial charge is 0.347 e. The van der Waals surface area contributed by atoms with Crippen LogP contribution < -0.4 is 5.32 Å². The van der Waals surface area contributed by atoms with Crippen molar-refractivity contribution < 1.29 is 9.59 Å². The second-order valence-corrected chi connectivity index (χ2v) is 5.97.